The van der Waals surface area contributed by atoms with Gasteiger partial charge in [-0.3, -0.25) is 0 Å². The molecule has 2 heterocycles. The summed E-state index contributed by atoms with van der Waals surface area (Å²) >= 11 is 0. The van der Waals surface area contributed by atoms with Crippen LogP contribution in [0.4, 0.5) is 0 Å². The second-order valence-electron chi connectivity index (χ2n) is 8.45. The van der Waals surface area contributed by atoms with Gasteiger partial charge >= 0.3 is 5.97 Å². The van der Waals surface area contributed by atoms with Crippen molar-refractivity contribution in [3.8, 4) is 45.7 Å². The average Bonchev–Trinajstić information content (AvgIpc) is 3.14. The lowest BCUT2D eigenvalue weighted by molar-refractivity contribution is 0.0528. The highest BCUT2D eigenvalue weighted by Crippen LogP contribution is 2.48. The summed E-state index contributed by atoms with van der Waals surface area (Å²) in [7, 11) is 3.13. The number of phenolic OH excluding ortho intramolecular Hbond substituents is 1. The molecule has 4 rings (SSSR count). The van der Waals surface area contributed by atoms with E-state index in [1.54, 1.807) is 21.1 Å². The Hall–Kier alpha value is -3.92. The van der Waals surface area contributed by atoms with Crippen LogP contribution in [0, 0.1) is 32.1 Å². The number of aryl methyl sites for hydroxylation is 2. The fourth-order valence-electron chi connectivity index (χ4n) is 4.93. The fourth-order valence-corrected chi connectivity index (χ4v) is 4.93. The lowest BCUT2D eigenvalue weighted by Gasteiger charge is -2.27. The number of rotatable bonds is 5. The van der Waals surface area contributed by atoms with Gasteiger partial charge in [-0.15, -0.1) is 0 Å². The van der Waals surface area contributed by atoms with Crippen molar-refractivity contribution in [3.05, 3.63) is 52.2 Å². The Morgan fingerprint density at radius 3 is 2.29 bits per heavy atom. The number of fused-ring (bicyclic) bond motifs is 3. The van der Waals surface area contributed by atoms with E-state index < -0.39 is 12.0 Å². The van der Waals surface area contributed by atoms with E-state index in [1.165, 1.54) is 0 Å². The van der Waals surface area contributed by atoms with E-state index in [9.17, 15) is 15.2 Å². The molecule has 1 unspecified atom stereocenters. The highest BCUT2D eigenvalue weighted by molar-refractivity contribution is 6.06. The number of carbonyl (C=O) groups excluding carboxylic acids is 1. The zero-order valence-corrected chi connectivity index (χ0v) is 20.3. The molecule has 0 aliphatic carbocycles. The van der Waals surface area contributed by atoms with Crippen molar-refractivity contribution in [2.24, 2.45) is 0 Å². The van der Waals surface area contributed by atoms with Gasteiger partial charge in [-0.2, -0.15) is 5.26 Å². The van der Waals surface area contributed by atoms with E-state index in [0.29, 0.717) is 45.9 Å². The highest BCUT2D eigenvalue weighted by atomic mass is 16.5. The molecule has 7 nitrogen and oxygen atoms in total. The first-order valence-corrected chi connectivity index (χ1v) is 11.1. The number of hydrogen-bond acceptors (Lipinski definition) is 6. The van der Waals surface area contributed by atoms with Gasteiger partial charge in [-0.1, -0.05) is 0 Å². The highest BCUT2D eigenvalue weighted by Gasteiger charge is 2.36. The zero-order valence-electron chi connectivity index (χ0n) is 20.3. The van der Waals surface area contributed by atoms with Gasteiger partial charge in [-0.05, 0) is 74.2 Å². The topological polar surface area (TPSA) is 93.7 Å². The minimum absolute atomic E-state index is 0.218. The third-order valence-electron chi connectivity index (χ3n) is 6.45. The number of nitrogens with zero attached hydrogens (tertiary/aromatic N) is 2. The number of aromatic hydroxyl groups is 1. The standard InChI is InChI=1S/C27H28N2O5/c1-7-34-27(31)24-23(18-8-14(2)26(30)15(3)9-18)16(4)29-19(13-28)10-17-11-21(32-5)22(33-6)12-20(17)25(24)29/h8-9,11-12,19,30H,7,10H2,1-6H3. The Morgan fingerprint density at radius 2 is 1.74 bits per heavy atom. The molecule has 1 aliphatic heterocycles. The molecule has 0 bridgehead atoms. The van der Waals surface area contributed by atoms with Crippen molar-refractivity contribution in [3.63, 3.8) is 0 Å². The number of aromatic nitrogens is 1. The smallest absolute Gasteiger partial charge is 0.340 e. The third-order valence-corrected chi connectivity index (χ3v) is 6.45. The maximum atomic E-state index is 13.4. The van der Waals surface area contributed by atoms with Crippen LogP contribution >= 0.6 is 0 Å². The van der Waals surface area contributed by atoms with Crippen molar-refractivity contribution in [2.45, 2.75) is 40.2 Å². The summed E-state index contributed by atoms with van der Waals surface area (Å²) in [5, 5.41) is 20.4. The van der Waals surface area contributed by atoms with Crippen LogP contribution in [-0.2, 0) is 11.2 Å². The van der Waals surface area contributed by atoms with Crippen LogP contribution in [0.25, 0.3) is 22.4 Å². The molecule has 1 aliphatic rings. The van der Waals surface area contributed by atoms with E-state index in [0.717, 1.165) is 22.4 Å². The molecule has 1 N–H and O–H groups in total. The summed E-state index contributed by atoms with van der Waals surface area (Å²) in [6, 6.07) is 9.33. The van der Waals surface area contributed by atoms with Crippen LogP contribution in [-0.4, -0.2) is 36.5 Å². The lowest BCUT2D eigenvalue weighted by atomic mass is 9.90. The number of carbonyl (C=O) groups is 1. The predicted molar refractivity (Wildman–Crippen MR) is 129 cm³/mol. The van der Waals surface area contributed by atoms with E-state index >= 15 is 0 Å². The molecule has 3 aromatic rings. The zero-order chi connectivity index (χ0) is 24.7. The van der Waals surface area contributed by atoms with Gasteiger partial charge in [0.1, 0.15) is 11.8 Å². The second-order valence-corrected chi connectivity index (χ2v) is 8.45. The Balaban J connectivity index is 2.14. The second kappa shape index (κ2) is 8.79. The maximum absolute atomic E-state index is 13.4. The molecular weight excluding hydrogens is 432 g/mol. The van der Waals surface area contributed by atoms with Crippen LogP contribution in [0.2, 0.25) is 0 Å². The first kappa shape index (κ1) is 23.2. The number of methoxy groups -OCH3 is 2. The SMILES string of the molecule is CCOC(=O)c1c(-c2cc(C)c(O)c(C)c2)c(C)n2c1-c1cc(OC)c(OC)cc1CC2C#N. The number of esters is 1. The molecule has 0 saturated carbocycles. The minimum atomic E-state index is -0.512. The van der Waals surface area contributed by atoms with Gasteiger partial charge in [0, 0.05) is 23.2 Å². The van der Waals surface area contributed by atoms with Crippen molar-refractivity contribution < 1.29 is 24.1 Å². The van der Waals surface area contributed by atoms with Crippen molar-refractivity contribution >= 4 is 5.97 Å². The van der Waals surface area contributed by atoms with Gasteiger partial charge in [-0.25, -0.2) is 4.79 Å². The third kappa shape index (κ3) is 3.47. The number of ether oxygens (including phenoxy) is 3. The lowest BCUT2D eigenvalue weighted by Crippen LogP contribution is -2.19. The summed E-state index contributed by atoms with van der Waals surface area (Å²) in [6.07, 6.45) is 0.462. The number of nitriles is 1. The quantitative estimate of drug-likeness (QED) is 0.522. The predicted octanol–water partition coefficient (Wildman–Crippen LogP) is 5.27. The van der Waals surface area contributed by atoms with E-state index in [4.69, 9.17) is 14.2 Å². The Bertz CT molecular complexity index is 1320. The average molecular weight is 461 g/mol. The van der Waals surface area contributed by atoms with Crippen LogP contribution in [0.1, 0.15) is 45.7 Å². The first-order valence-electron chi connectivity index (χ1n) is 11.1. The van der Waals surface area contributed by atoms with Gasteiger partial charge in [0.25, 0.3) is 0 Å². The Kier molecular flexibility index (Phi) is 6.01. The molecule has 0 fully saturated rings. The molecule has 0 amide bonds. The molecule has 1 aromatic heterocycles. The molecule has 0 radical (unpaired) electrons. The number of phenols is 1. The van der Waals surface area contributed by atoms with Gasteiger partial charge in [0.05, 0.1) is 38.2 Å². The summed E-state index contributed by atoms with van der Waals surface area (Å²) in [5.74, 6) is 0.865. The van der Waals surface area contributed by atoms with Crippen LogP contribution < -0.4 is 9.47 Å². The van der Waals surface area contributed by atoms with Gasteiger partial charge in [0.2, 0.25) is 0 Å². The monoisotopic (exact) mass is 460 g/mol. The Labute approximate surface area is 199 Å². The molecule has 176 valence electrons. The fraction of sp³-hybridized carbons (Fsp3) is 0.333. The molecule has 0 saturated heterocycles. The maximum Gasteiger partial charge on any atom is 0.340 e. The summed E-state index contributed by atoms with van der Waals surface area (Å²) in [6.45, 7) is 7.55. The van der Waals surface area contributed by atoms with Gasteiger partial charge < -0.3 is 23.9 Å². The number of benzene rings is 2. The summed E-state index contributed by atoms with van der Waals surface area (Å²) < 4.78 is 18.4. The van der Waals surface area contributed by atoms with Crippen molar-refractivity contribution in [2.75, 3.05) is 20.8 Å². The molecule has 34 heavy (non-hydrogen) atoms. The van der Waals surface area contributed by atoms with E-state index in [1.807, 2.05) is 49.6 Å². The van der Waals surface area contributed by atoms with Crippen molar-refractivity contribution in [1.82, 2.24) is 4.57 Å². The molecule has 2 aromatic carbocycles. The largest absolute Gasteiger partial charge is 0.507 e. The molecular formula is C27H28N2O5. The summed E-state index contributed by atoms with van der Waals surface area (Å²) in [5.41, 5.74) is 6.40. The van der Waals surface area contributed by atoms with Crippen LogP contribution in [0.15, 0.2) is 24.3 Å². The van der Waals surface area contributed by atoms with E-state index in [2.05, 4.69) is 6.07 Å². The molecule has 1 atom stereocenters. The van der Waals surface area contributed by atoms with E-state index in [-0.39, 0.29) is 12.4 Å². The first-order chi connectivity index (χ1) is 16.3. The Morgan fingerprint density at radius 1 is 1.12 bits per heavy atom. The normalized spacial score (nSPS) is 14.1. The number of hydrogen-bond donors (Lipinski definition) is 1. The molecule has 0 spiro atoms. The van der Waals surface area contributed by atoms with Crippen molar-refractivity contribution in [1.29, 1.82) is 5.26 Å². The molecule has 7 heteroatoms. The van der Waals surface area contributed by atoms with Crippen LogP contribution in [0.5, 0.6) is 17.2 Å². The van der Waals surface area contributed by atoms with Crippen LogP contribution in [0.3, 0.4) is 0 Å². The summed E-state index contributed by atoms with van der Waals surface area (Å²) in [4.78, 5) is 13.4. The van der Waals surface area contributed by atoms with Gasteiger partial charge in [0.15, 0.2) is 11.5 Å². The minimum Gasteiger partial charge on any atom is -0.507 e.